The maximum Gasteiger partial charge on any atom is 0.159 e. The minimum Gasteiger partial charge on any atom is -0.393 e. The van der Waals surface area contributed by atoms with Crippen molar-refractivity contribution in [3.63, 3.8) is 0 Å². The molecule has 3 nitrogen and oxygen atoms in total. The molecule has 4 saturated carbocycles. The Balaban J connectivity index is 1.58. The van der Waals surface area contributed by atoms with E-state index in [9.17, 15) is 14.7 Å². The SMILES string of the molecule is CCC(C)(CC)C(=O)[C@@]1(C)CC[C@]2(C)CC[C@]3(C)C(=CC(=O)[C@@H]4[C@@]5(C)CC[C@H](O)C(C)(C)[C@@H]5CC[C@]43C)[C@H]2C1. The van der Waals surface area contributed by atoms with Crippen LogP contribution in [0.5, 0.6) is 0 Å². The Hall–Kier alpha value is -0.960. The highest BCUT2D eigenvalue weighted by Crippen LogP contribution is 2.75. The van der Waals surface area contributed by atoms with E-state index in [0.29, 0.717) is 23.4 Å². The predicted molar refractivity (Wildman–Crippen MR) is 159 cm³/mol. The summed E-state index contributed by atoms with van der Waals surface area (Å²) in [5, 5.41) is 11.0. The van der Waals surface area contributed by atoms with Gasteiger partial charge >= 0.3 is 0 Å². The van der Waals surface area contributed by atoms with Crippen molar-refractivity contribution in [3.8, 4) is 0 Å². The fraction of sp³-hybridized carbons (Fsp3) is 0.889. The quantitative estimate of drug-likeness (QED) is 0.389. The van der Waals surface area contributed by atoms with Gasteiger partial charge in [-0.15, -0.1) is 0 Å². The second kappa shape index (κ2) is 8.78. The van der Waals surface area contributed by atoms with Gasteiger partial charge in [-0.2, -0.15) is 0 Å². The monoisotopic (exact) mass is 538 g/mol. The molecule has 0 radical (unpaired) electrons. The largest absolute Gasteiger partial charge is 0.393 e. The molecule has 0 aromatic carbocycles. The van der Waals surface area contributed by atoms with E-state index in [0.717, 1.165) is 64.2 Å². The summed E-state index contributed by atoms with van der Waals surface area (Å²) in [7, 11) is 0. The highest BCUT2D eigenvalue weighted by molar-refractivity contribution is 5.96. The molecule has 3 heteroatoms. The minimum atomic E-state index is -0.321. The molecule has 0 heterocycles. The molecule has 0 spiro atoms. The number of aliphatic hydroxyl groups is 1. The van der Waals surface area contributed by atoms with Crippen molar-refractivity contribution in [1.29, 1.82) is 0 Å². The normalized spacial score (nSPS) is 49.2. The zero-order valence-corrected chi connectivity index (χ0v) is 26.9. The molecule has 9 atom stereocenters. The van der Waals surface area contributed by atoms with Crippen molar-refractivity contribution in [2.24, 2.45) is 55.7 Å². The molecule has 0 aromatic rings. The number of allylic oxidation sites excluding steroid dienone is 2. The maximum absolute atomic E-state index is 14.5. The summed E-state index contributed by atoms with van der Waals surface area (Å²) in [6.45, 7) is 23.1. The van der Waals surface area contributed by atoms with E-state index in [4.69, 9.17) is 0 Å². The fourth-order valence-corrected chi connectivity index (χ4v) is 11.7. The van der Waals surface area contributed by atoms with E-state index >= 15 is 0 Å². The Kier molecular flexibility index (Phi) is 6.65. The summed E-state index contributed by atoms with van der Waals surface area (Å²) in [4.78, 5) is 28.7. The Morgan fingerprint density at radius 2 is 1.54 bits per heavy atom. The van der Waals surface area contributed by atoms with E-state index in [1.807, 2.05) is 0 Å². The van der Waals surface area contributed by atoms with Crippen LogP contribution in [0.4, 0.5) is 0 Å². The van der Waals surface area contributed by atoms with Gasteiger partial charge in [0, 0.05) is 16.7 Å². The third-order valence-electron chi connectivity index (χ3n) is 15.2. The van der Waals surface area contributed by atoms with Crippen LogP contribution in [0.2, 0.25) is 0 Å². The Bertz CT molecular complexity index is 1080. The van der Waals surface area contributed by atoms with Gasteiger partial charge in [0.15, 0.2) is 5.78 Å². The van der Waals surface area contributed by atoms with Crippen LogP contribution in [0.15, 0.2) is 11.6 Å². The number of Topliss-reactive ketones (excluding diaryl/α,β-unsaturated/α-hetero) is 1. The average Bonchev–Trinajstić information content (AvgIpc) is 2.87. The van der Waals surface area contributed by atoms with E-state index in [-0.39, 0.29) is 49.9 Å². The van der Waals surface area contributed by atoms with E-state index in [2.05, 4.69) is 75.3 Å². The highest BCUT2D eigenvalue weighted by atomic mass is 16.3. The molecule has 5 aliphatic carbocycles. The van der Waals surface area contributed by atoms with E-state index < -0.39 is 0 Å². The van der Waals surface area contributed by atoms with Gasteiger partial charge in [-0.1, -0.05) is 74.8 Å². The molecule has 0 saturated heterocycles. The van der Waals surface area contributed by atoms with Crippen LogP contribution < -0.4 is 0 Å². The van der Waals surface area contributed by atoms with Gasteiger partial charge in [0.05, 0.1) is 6.10 Å². The first kappa shape index (κ1) is 29.5. The average molecular weight is 539 g/mol. The Labute approximate surface area is 239 Å². The second-order valence-corrected chi connectivity index (χ2v) is 17.2. The molecule has 0 bridgehead atoms. The number of hydrogen-bond donors (Lipinski definition) is 1. The molecule has 0 amide bonds. The van der Waals surface area contributed by atoms with Crippen LogP contribution in [0, 0.1) is 55.7 Å². The van der Waals surface area contributed by atoms with Crippen molar-refractivity contribution in [3.05, 3.63) is 11.6 Å². The number of hydrogen-bond acceptors (Lipinski definition) is 3. The third-order valence-corrected chi connectivity index (χ3v) is 15.2. The topological polar surface area (TPSA) is 54.4 Å². The molecule has 0 unspecified atom stereocenters. The highest BCUT2D eigenvalue weighted by Gasteiger charge is 2.70. The smallest absolute Gasteiger partial charge is 0.159 e. The number of carbonyl (C=O) groups is 2. The molecule has 1 N–H and O–H groups in total. The maximum atomic E-state index is 14.5. The predicted octanol–water partition coefficient (Wildman–Crippen LogP) is 8.72. The molecule has 5 rings (SSSR count). The summed E-state index contributed by atoms with van der Waals surface area (Å²) in [6, 6.07) is 0. The van der Waals surface area contributed by atoms with Crippen molar-refractivity contribution >= 4 is 11.6 Å². The van der Waals surface area contributed by atoms with Gasteiger partial charge in [-0.25, -0.2) is 0 Å². The van der Waals surface area contributed by atoms with Crippen molar-refractivity contribution in [2.45, 2.75) is 146 Å². The first-order valence-corrected chi connectivity index (χ1v) is 16.4. The first-order chi connectivity index (χ1) is 17.9. The second-order valence-electron chi connectivity index (χ2n) is 17.2. The lowest BCUT2D eigenvalue weighted by atomic mass is 9.33. The van der Waals surface area contributed by atoms with Crippen LogP contribution in [-0.2, 0) is 9.59 Å². The molecule has 39 heavy (non-hydrogen) atoms. The summed E-state index contributed by atoms with van der Waals surface area (Å²) in [5.74, 6) is 1.47. The van der Waals surface area contributed by atoms with Gasteiger partial charge in [-0.05, 0) is 116 Å². The lowest BCUT2D eigenvalue weighted by Gasteiger charge is -2.70. The lowest BCUT2D eigenvalue weighted by molar-refractivity contribution is -0.202. The fourth-order valence-electron chi connectivity index (χ4n) is 11.7. The van der Waals surface area contributed by atoms with E-state index in [1.165, 1.54) is 12.0 Å². The van der Waals surface area contributed by atoms with E-state index in [1.54, 1.807) is 0 Å². The third kappa shape index (κ3) is 3.69. The minimum absolute atomic E-state index is 0.00807. The Morgan fingerprint density at radius 3 is 2.15 bits per heavy atom. The van der Waals surface area contributed by atoms with Crippen LogP contribution in [0.3, 0.4) is 0 Å². The van der Waals surface area contributed by atoms with Crippen LogP contribution in [0.25, 0.3) is 0 Å². The van der Waals surface area contributed by atoms with Crippen LogP contribution in [-0.4, -0.2) is 22.8 Å². The number of fused-ring (bicyclic) bond motifs is 7. The lowest BCUT2D eigenvalue weighted by Crippen LogP contribution is -2.66. The summed E-state index contributed by atoms with van der Waals surface area (Å²) < 4.78 is 0. The van der Waals surface area contributed by atoms with Crippen molar-refractivity contribution in [1.82, 2.24) is 0 Å². The van der Waals surface area contributed by atoms with Gasteiger partial charge in [0.2, 0.25) is 0 Å². The Morgan fingerprint density at radius 1 is 0.923 bits per heavy atom. The molecule has 0 aromatic heterocycles. The summed E-state index contributed by atoms with van der Waals surface area (Å²) in [5.41, 5.74) is 0.619. The van der Waals surface area contributed by atoms with Gasteiger partial charge in [0.1, 0.15) is 5.78 Å². The summed E-state index contributed by atoms with van der Waals surface area (Å²) in [6.07, 6.45) is 12.8. The first-order valence-electron chi connectivity index (χ1n) is 16.4. The number of ketones is 2. The van der Waals surface area contributed by atoms with Crippen molar-refractivity contribution in [2.75, 3.05) is 0 Å². The number of rotatable bonds is 4. The summed E-state index contributed by atoms with van der Waals surface area (Å²) >= 11 is 0. The zero-order valence-electron chi connectivity index (χ0n) is 26.9. The van der Waals surface area contributed by atoms with Gasteiger partial charge in [-0.3, -0.25) is 9.59 Å². The molecule has 4 fully saturated rings. The van der Waals surface area contributed by atoms with Gasteiger partial charge < -0.3 is 5.11 Å². The zero-order chi connectivity index (χ0) is 29.0. The number of carbonyl (C=O) groups excluding carboxylic acids is 2. The molecule has 220 valence electrons. The standard InChI is InChI=1S/C36H58O3/c1-11-31(5,12-2)29(39)33(7)18-17-32(6)19-20-35(9)23(24(32)22-33)21-25(37)28-34(8)15-14-27(38)30(3,4)26(34)13-16-36(28,35)10/h21,24,26-28,38H,11-20,22H2,1-10H3/t24-,26+,27+,28-,32-,33+,34+,35-,36-/m1/s1. The van der Waals surface area contributed by atoms with Crippen LogP contribution in [0.1, 0.15) is 140 Å². The molecular formula is C36H58O3. The molecule has 5 aliphatic rings. The number of aliphatic hydroxyl groups excluding tert-OH is 1. The van der Waals surface area contributed by atoms with Crippen LogP contribution >= 0.6 is 0 Å². The van der Waals surface area contributed by atoms with Crippen molar-refractivity contribution < 1.29 is 14.7 Å². The molecule has 0 aliphatic heterocycles. The van der Waals surface area contributed by atoms with Gasteiger partial charge in [0.25, 0.3) is 0 Å². The molecular weight excluding hydrogens is 480 g/mol.